The molecule has 0 heterocycles. The van der Waals surface area contributed by atoms with Crippen LogP contribution in [0.5, 0.6) is 0 Å². The van der Waals surface area contributed by atoms with Gasteiger partial charge in [0, 0.05) is 52.4 Å². The minimum absolute atomic E-state index is 0. The Bertz CT molecular complexity index is 452. The zero-order chi connectivity index (χ0) is 20.0. The van der Waals surface area contributed by atoms with Crippen molar-refractivity contribution in [2.45, 2.75) is 0 Å². The summed E-state index contributed by atoms with van der Waals surface area (Å²) in [4.78, 5) is 67.3. The second-order valence-corrected chi connectivity index (χ2v) is 7.05. The van der Waals surface area contributed by atoms with Crippen molar-refractivity contribution >= 4 is 35.4 Å². The number of carbonyl (C=O) groups is 2. The Kier molecular flexibility index (Phi) is 30.2. The fraction of sp³-hybridized carbons (Fsp3) is 0.667. The molecule has 154 valence electrons. The summed E-state index contributed by atoms with van der Waals surface area (Å²) in [5.41, 5.74) is 9.55. The van der Waals surface area contributed by atoms with Gasteiger partial charge in [0.15, 0.2) is 12.7 Å². The van der Waals surface area contributed by atoms with Crippen molar-refractivity contribution < 1.29 is 115 Å². The third kappa shape index (κ3) is 49.8. The van der Waals surface area contributed by atoms with E-state index in [1.165, 1.54) is 0 Å². The molecule has 0 aliphatic carbocycles. The van der Waals surface area contributed by atoms with E-state index in [0.717, 1.165) is 0 Å². The summed E-state index contributed by atoms with van der Waals surface area (Å²) in [6.45, 7) is -0.750. The van der Waals surface area contributed by atoms with Gasteiger partial charge in [0.2, 0.25) is 0 Å². The molecule has 0 aromatic carbocycles. The first kappa shape index (κ1) is 37.8. The monoisotopic (exact) mass is 600 g/mol. The summed E-state index contributed by atoms with van der Waals surface area (Å²) in [7, 11) is -11.6. The van der Waals surface area contributed by atoms with Gasteiger partial charge in [-0.2, -0.15) is 0 Å². The van der Waals surface area contributed by atoms with E-state index in [1.54, 1.807) is 0 Å². The largest absolute Gasteiger partial charge is 0.452 e. The molecule has 0 amide bonds. The molecule has 0 radical (unpaired) electrons. The number of rotatable bonds is 6. The van der Waals surface area contributed by atoms with E-state index in [0.29, 0.717) is 0 Å². The number of carbonyl (C=O) groups excluding carboxylic acids is 2. The Hall–Kier alpha value is 1.08. The molecule has 0 aliphatic rings. The van der Waals surface area contributed by atoms with Crippen LogP contribution in [0.1, 0.15) is 0 Å². The zero-order valence-electron chi connectivity index (χ0n) is 12.9. The fourth-order valence-electron chi connectivity index (χ4n) is 0.430. The second kappa shape index (κ2) is 20.8. The van der Waals surface area contributed by atoms with Crippen LogP contribution in [-0.4, -0.2) is 67.1 Å². The molecule has 0 saturated carbocycles. The predicted molar refractivity (Wildman–Crippen MR) is 77.6 cm³/mol. The first-order valence-corrected chi connectivity index (χ1v) is 10.3. The molecule has 15 nitrogen and oxygen atoms in total. The number of hydrogen-bond acceptors (Lipinski definition) is 9. The van der Waals surface area contributed by atoms with Crippen LogP contribution in [0.4, 0.5) is 0 Å². The minimum Gasteiger partial charge on any atom is -0.452 e. The van der Waals surface area contributed by atoms with Gasteiger partial charge in [-0.15, -0.1) is 0 Å². The number of ether oxygens (including phenoxy) is 2. The van der Waals surface area contributed by atoms with Crippen LogP contribution in [0, 0.1) is 0 Å². The van der Waals surface area contributed by atoms with Gasteiger partial charge in [-0.1, -0.05) is 0 Å². The predicted octanol–water partition coefficient (Wildman–Crippen LogP) is -3.40. The van der Waals surface area contributed by atoms with Gasteiger partial charge in [-0.3, -0.25) is 23.3 Å². The van der Waals surface area contributed by atoms with E-state index < -0.39 is 48.1 Å². The molecular formula is C6H19N2O13P3Zr2. The van der Waals surface area contributed by atoms with Gasteiger partial charge < -0.3 is 50.3 Å². The number of nitrogens with two attached hydrogens (primary N) is 2. The van der Waals surface area contributed by atoms with Gasteiger partial charge in [-0.25, -0.2) is 0 Å². The van der Waals surface area contributed by atoms with Crippen molar-refractivity contribution in [1.82, 2.24) is 0 Å². The van der Waals surface area contributed by atoms with E-state index in [9.17, 15) is 18.7 Å². The topological polar surface area (TPSA) is 277 Å². The Balaban J connectivity index is -0.0000000883. The molecule has 0 rings (SSSR count). The van der Waals surface area contributed by atoms with Crippen LogP contribution in [0.15, 0.2) is 0 Å². The van der Waals surface area contributed by atoms with Gasteiger partial charge in [-0.05, 0) is 0 Å². The molecule has 0 aromatic heterocycles. The maximum Gasteiger partial charge on any atom is 0.362 e. The molecule has 0 aromatic rings. The van der Waals surface area contributed by atoms with Crippen LogP contribution >= 0.6 is 23.4 Å². The second-order valence-electron chi connectivity index (χ2n) is 3.31. The molecule has 0 aliphatic heterocycles. The third-order valence-electron chi connectivity index (χ3n) is 1.12. The average Bonchev–Trinajstić information content (AvgIpc) is 2.40. The SMILES string of the molecule is NCC(=O)OCP(=O)(O)O.NCC(=O)OCP(=O)(O)O.O=[PH](O)O.[Zr].[Zr]. The molecular weight excluding hydrogens is 583 g/mol. The third-order valence-corrected chi connectivity index (χ3v) is 2.05. The summed E-state index contributed by atoms with van der Waals surface area (Å²) in [5, 5.41) is 0. The van der Waals surface area contributed by atoms with Crippen molar-refractivity contribution in [3.8, 4) is 0 Å². The normalized spacial score (nSPS) is 9.88. The maximum atomic E-state index is 10.2. The Labute approximate surface area is 186 Å². The van der Waals surface area contributed by atoms with Crippen molar-refractivity contribution in [2.24, 2.45) is 11.5 Å². The van der Waals surface area contributed by atoms with E-state index in [-0.39, 0.29) is 65.5 Å². The fourth-order valence-corrected chi connectivity index (χ4v) is 1.05. The summed E-state index contributed by atoms with van der Waals surface area (Å²) in [5.74, 6) is -1.66. The molecule has 0 spiro atoms. The molecule has 0 bridgehead atoms. The van der Waals surface area contributed by atoms with Gasteiger partial charge in [0.1, 0.15) is 0 Å². The first-order chi connectivity index (χ1) is 10.6. The smallest absolute Gasteiger partial charge is 0.362 e. The van der Waals surface area contributed by atoms with E-state index in [1.807, 2.05) is 0 Å². The summed E-state index contributed by atoms with van der Waals surface area (Å²) in [6, 6.07) is 0. The Morgan fingerprint density at radius 2 is 1.00 bits per heavy atom. The number of esters is 2. The molecule has 10 N–H and O–H groups in total. The average molecular weight is 603 g/mol. The van der Waals surface area contributed by atoms with Crippen LogP contribution in [0.2, 0.25) is 0 Å². The molecule has 0 fully saturated rings. The Morgan fingerprint density at radius 3 is 1.12 bits per heavy atom. The van der Waals surface area contributed by atoms with Gasteiger partial charge >= 0.3 is 35.4 Å². The standard InChI is InChI=1S/2C3H8NO5P.H3O3P.2Zr/c2*4-1-3(5)9-2-10(6,7)8;1-4(2)3;;/h2*1-2,4H2,(H2,6,7,8);4H,(H2,1,2,3);;. The van der Waals surface area contributed by atoms with Crippen molar-refractivity contribution in [3.05, 3.63) is 0 Å². The summed E-state index contributed by atoms with van der Waals surface area (Å²) < 4.78 is 36.9. The number of hydrogen-bond donors (Lipinski definition) is 8. The quantitative estimate of drug-likeness (QED) is 0.109. The maximum absolute atomic E-state index is 10.2. The van der Waals surface area contributed by atoms with E-state index in [2.05, 4.69) is 9.47 Å². The molecule has 0 unspecified atom stereocenters. The van der Waals surface area contributed by atoms with Gasteiger partial charge in [0.25, 0.3) is 0 Å². The molecule has 0 atom stereocenters. The van der Waals surface area contributed by atoms with Crippen molar-refractivity contribution in [2.75, 3.05) is 25.8 Å². The van der Waals surface area contributed by atoms with Crippen LogP contribution < -0.4 is 11.5 Å². The molecule has 0 saturated heterocycles. The van der Waals surface area contributed by atoms with Crippen LogP contribution in [-0.2, 0) is 85.2 Å². The van der Waals surface area contributed by atoms with Crippen molar-refractivity contribution in [3.63, 3.8) is 0 Å². The van der Waals surface area contributed by atoms with E-state index in [4.69, 9.17) is 45.4 Å². The Morgan fingerprint density at radius 1 is 0.808 bits per heavy atom. The molecule has 20 heteroatoms. The summed E-state index contributed by atoms with van der Waals surface area (Å²) >= 11 is 0. The minimum atomic E-state index is -4.23. The van der Waals surface area contributed by atoms with Gasteiger partial charge in [0.05, 0.1) is 13.1 Å². The van der Waals surface area contributed by atoms with Crippen LogP contribution in [0.25, 0.3) is 0 Å². The molecule has 26 heavy (non-hydrogen) atoms. The van der Waals surface area contributed by atoms with Crippen molar-refractivity contribution in [1.29, 1.82) is 0 Å². The zero-order valence-corrected chi connectivity index (χ0v) is 20.6. The first-order valence-electron chi connectivity index (χ1n) is 5.37. The van der Waals surface area contributed by atoms with E-state index >= 15 is 0 Å². The summed E-state index contributed by atoms with van der Waals surface area (Å²) in [6.07, 6.45) is -1.80. The van der Waals surface area contributed by atoms with Crippen LogP contribution in [0.3, 0.4) is 0 Å².